The number of aromatic hydroxyl groups is 1. The first-order valence-corrected chi connectivity index (χ1v) is 9.45. The SMILES string of the molecule is Cc1ccc(-c2cnc(C(=O)NC3C=CS(=O)(=O)C3)cc2O)cc1C. The standard InChI is InChI=1S/C18H18N2O4S/c1-11-3-4-13(7-12(11)2)15-9-19-16(8-17(15)21)18(22)20-14-5-6-25(23,24)10-14/h3-9,14H,10H2,1-2H3,(H,19,21)(H,20,22). The zero-order chi connectivity index (χ0) is 18.2. The van der Waals surface area contributed by atoms with Crippen LogP contribution in [0.5, 0.6) is 5.75 Å². The van der Waals surface area contributed by atoms with Crippen LogP contribution < -0.4 is 5.32 Å². The molecule has 0 saturated carbocycles. The molecule has 0 radical (unpaired) electrons. The maximum Gasteiger partial charge on any atom is 0.270 e. The number of aryl methyl sites for hydroxylation is 2. The van der Waals surface area contributed by atoms with Crippen molar-refractivity contribution in [3.63, 3.8) is 0 Å². The zero-order valence-electron chi connectivity index (χ0n) is 13.9. The Balaban J connectivity index is 1.81. The maximum absolute atomic E-state index is 12.2. The summed E-state index contributed by atoms with van der Waals surface area (Å²) in [6.07, 6.45) is 2.87. The maximum atomic E-state index is 12.2. The molecule has 25 heavy (non-hydrogen) atoms. The highest BCUT2D eigenvalue weighted by Crippen LogP contribution is 2.30. The summed E-state index contributed by atoms with van der Waals surface area (Å²) in [6.45, 7) is 3.98. The van der Waals surface area contributed by atoms with Crippen LogP contribution in [0.25, 0.3) is 11.1 Å². The second kappa shape index (κ2) is 6.33. The van der Waals surface area contributed by atoms with E-state index in [0.29, 0.717) is 5.56 Å². The fourth-order valence-corrected chi connectivity index (χ4v) is 3.84. The van der Waals surface area contributed by atoms with Crippen molar-refractivity contribution in [3.05, 3.63) is 58.8 Å². The Morgan fingerprint density at radius 1 is 1.24 bits per heavy atom. The molecule has 1 aromatic carbocycles. The topological polar surface area (TPSA) is 96.4 Å². The van der Waals surface area contributed by atoms with Gasteiger partial charge in [0.25, 0.3) is 5.91 Å². The Morgan fingerprint density at radius 2 is 2.00 bits per heavy atom. The Hall–Kier alpha value is -2.67. The van der Waals surface area contributed by atoms with Crippen molar-refractivity contribution in [2.45, 2.75) is 19.9 Å². The van der Waals surface area contributed by atoms with Gasteiger partial charge in [-0.2, -0.15) is 0 Å². The molecule has 1 unspecified atom stereocenters. The molecule has 0 aliphatic carbocycles. The van der Waals surface area contributed by atoms with Crippen LogP contribution in [0.3, 0.4) is 0 Å². The van der Waals surface area contributed by atoms with Crippen LogP contribution in [0.15, 0.2) is 41.9 Å². The lowest BCUT2D eigenvalue weighted by Gasteiger charge is -2.11. The molecule has 6 nitrogen and oxygen atoms in total. The molecule has 2 aromatic rings. The molecule has 1 atom stereocenters. The van der Waals surface area contributed by atoms with Crippen molar-refractivity contribution in [1.82, 2.24) is 10.3 Å². The fraction of sp³-hybridized carbons (Fsp3) is 0.222. The lowest BCUT2D eigenvalue weighted by atomic mass is 10.0. The van der Waals surface area contributed by atoms with Crippen molar-refractivity contribution < 1.29 is 18.3 Å². The minimum Gasteiger partial charge on any atom is -0.507 e. The van der Waals surface area contributed by atoms with Gasteiger partial charge in [0.05, 0.1) is 11.8 Å². The first kappa shape index (κ1) is 17.2. The number of carbonyl (C=O) groups excluding carboxylic acids is 1. The average Bonchev–Trinajstić information content (AvgIpc) is 2.88. The van der Waals surface area contributed by atoms with E-state index < -0.39 is 21.8 Å². The first-order chi connectivity index (χ1) is 11.7. The van der Waals surface area contributed by atoms with Crippen LogP contribution in [0.4, 0.5) is 0 Å². The van der Waals surface area contributed by atoms with E-state index in [0.717, 1.165) is 22.1 Å². The average molecular weight is 358 g/mol. The van der Waals surface area contributed by atoms with Crippen molar-refractivity contribution in [2.75, 3.05) is 5.75 Å². The number of amides is 1. The summed E-state index contributed by atoms with van der Waals surface area (Å²) in [6, 6.07) is 6.48. The molecule has 1 aromatic heterocycles. The van der Waals surface area contributed by atoms with Crippen molar-refractivity contribution in [2.24, 2.45) is 0 Å². The Morgan fingerprint density at radius 3 is 2.60 bits per heavy atom. The lowest BCUT2D eigenvalue weighted by molar-refractivity contribution is 0.0942. The Labute approximate surface area is 146 Å². The molecule has 0 bridgehead atoms. The van der Waals surface area contributed by atoms with Gasteiger partial charge in [0.2, 0.25) is 0 Å². The molecule has 3 rings (SSSR count). The highest BCUT2D eigenvalue weighted by molar-refractivity contribution is 7.94. The monoisotopic (exact) mass is 358 g/mol. The predicted octanol–water partition coefficient (Wildman–Crippen LogP) is 2.11. The normalized spacial score (nSPS) is 18.2. The number of benzene rings is 1. The highest BCUT2D eigenvalue weighted by Gasteiger charge is 2.24. The summed E-state index contributed by atoms with van der Waals surface area (Å²) in [7, 11) is -3.25. The summed E-state index contributed by atoms with van der Waals surface area (Å²) in [5, 5.41) is 13.9. The van der Waals surface area contributed by atoms with Crippen molar-refractivity contribution in [3.8, 4) is 16.9 Å². The van der Waals surface area contributed by atoms with Crippen molar-refractivity contribution in [1.29, 1.82) is 0 Å². The van der Waals surface area contributed by atoms with Crippen LogP contribution >= 0.6 is 0 Å². The van der Waals surface area contributed by atoms with E-state index in [9.17, 15) is 18.3 Å². The van der Waals surface area contributed by atoms with Gasteiger partial charge in [0, 0.05) is 23.2 Å². The fourth-order valence-electron chi connectivity index (χ4n) is 2.61. The van der Waals surface area contributed by atoms with E-state index >= 15 is 0 Å². The number of nitrogens with zero attached hydrogens (tertiary/aromatic N) is 1. The summed E-state index contributed by atoms with van der Waals surface area (Å²) < 4.78 is 22.7. The number of carbonyl (C=O) groups is 1. The molecule has 1 amide bonds. The van der Waals surface area contributed by atoms with Gasteiger partial charge in [0.1, 0.15) is 11.4 Å². The molecule has 0 fully saturated rings. The molecular formula is C18H18N2O4S. The third kappa shape index (κ3) is 3.71. The number of rotatable bonds is 3. The number of nitrogens with one attached hydrogen (secondary N) is 1. The predicted molar refractivity (Wildman–Crippen MR) is 95.0 cm³/mol. The second-order valence-electron chi connectivity index (χ2n) is 6.12. The van der Waals surface area contributed by atoms with Crippen LogP contribution in [-0.2, 0) is 9.84 Å². The summed E-state index contributed by atoms with van der Waals surface area (Å²) in [5.41, 5.74) is 3.61. The van der Waals surface area contributed by atoms with E-state index in [4.69, 9.17) is 0 Å². The van der Waals surface area contributed by atoms with Gasteiger partial charge < -0.3 is 10.4 Å². The van der Waals surface area contributed by atoms with Gasteiger partial charge in [-0.25, -0.2) is 8.42 Å². The van der Waals surface area contributed by atoms with Gasteiger partial charge >= 0.3 is 0 Å². The largest absolute Gasteiger partial charge is 0.507 e. The Bertz CT molecular complexity index is 981. The number of hydrogen-bond donors (Lipinski definition) is 2. The molecule has 130 valence electrons. The molecule has 1 aliphatic heterocycles. The molecule has 1 aliphatic rings. The summed E-state index contributed by atoms with van der Waals surface area (Å²) >= 11 is 0. The molecule has 2 heterocycles. The third-order valence-corrected chi connectivity index (χ3v) is 5.57. The van der Waals surface area contributed by atoms with Crippen molar-refractivity contribution >= 4 is 15.7 Å². The molecule has 2 N–H and O–H groups in total. The number of pyridine rings is 1. The highest BCUT2D eigenvalue weighted by atomic mass is 32.2. The van der Waals surface area contributed by atoms with E-state index in [2.05, 4.69) is 10.3 Å². The second-order valence-corrected chi connectivity index (χ2v) is 8.05. The van der Waals surface area contributed by atoms with Crippen LogP contribution in [0.2, 0.25) is 0 Å². The lowest BCUT2D eigenvalue weighted by Crippen LogP contribution is -2.35. The van der Waals surface area contributed by atoms with Crippen LogP contribution in [0, 0.1) is 13.8 Å². The zero-order valence-corrected chi connectivity index (χ0v) is 14.7. The smallest absolute Gasteiger partial charge is 0.270 e. The first-order valence-electron chi connectivity index (χ1n) is 7.73. The minimum absolute atomic E-state index is 0.0304. The van der Waals surface area contributed by atoms with E-state index in [1.54, 1.807) is 0 Å². The summed E-state index contributed by atoms with van der Waals surface area (Å²) in [5.74, 6) is -0.752. The van der Waals surface area contributed by atoms with E-state index in [1.807, 2.05) is 32.0 Å². The third-order valence-electron chi connectivity index (χ3n) is 4.18. The molecule has 7 heteroatoms. The number of sulfone groups is 1. The quantitative estimate of drug-likeness (QED) is 0.876. The van der Waals surface area contributed by atoms with Crippen LogP contribution in [0.1, 0.15) is 21.6 Å². The number of hydrogen-bond acceptors (Lipinski definition) is 5. The van der Waals surface area contributed by atoms with Crippen LogP contribution in [-0.4, -0.2) is 36.2 Å². The van der Waals surface area contributed by atoms with Gasteiger partial charge in [-0.1, -0.05) is 18.2 Å². The molecular weight excluding hydrogens is 340 g/mol. The van der Waals surface area contributed by atoms with Gasteiger partial charge in [-0.15, -0.1) is 0 Å². The summed E-state index contributed by atoms with van der Waals surface area (Å²) in [4.78, 5) is 16.3. The van der Waals surface area contributed by atoms with Gasteiger partial charge in [0.15, 0.2) is 9.84 Å². The molecule has 0 spiro atoms. The molecule has 0 saturated heterocycles. The number of aromatic nitrogens is 1. The minimum atomic E-state index is -3.25. The van der Waals surface area contributed by atoms with E-state index in [1.165, 1.54) is 18.3 Å². The van der Waals surface area contributed by atoms with Gasteiger partial charge in [-0.05, 0) is 36.6 Å². The van der Waals surface area contributed by atoms with E-state index in [-0.39, 0.29) is 17.2 Å². The van der Waals surface area contributed by atoms with Gasteiger partial charge in [-0.3, -0.25) is 9.78 Å². The Kier molecular flexibility index (Phi) is 4.34.